The topological polar surface area (TPSA) is 35.2 Å². The van der Waals surface area contributed by atoms with E-state index in [-0.39, 0.29) is 6.61 Å². The fourth-order valence-corrected chi connectivity index (χ4v) is 1.70. The molecule has 0 amide bonds. The molecule has 4 heteroatoms. The molecule has 0 aliphatic carbocycles. The highest BCUT2D eigenvalue weighted by Gasteiger charge is 2.12. The van der Waals surface area contributed by atoms with Gasteiger partial charge in [-0.2, -0.15) is 0 Å². The van der Waals surface area contributed by atoms with E-state index in [4.69, 9.17) is 10.5 Å². The van der Waals surface area contributed by atoms with Gasteiger partial charge in [0.1, 0.15) is 11.6 Å². The van der Waals surface area contributed by atoms with Crippen molar-refractivity contribution in [2.24, 2.45) is 11.7 Å². The molecule has 1 atom stereocenters. The maximum Gasteiger partial charge on any atom is 0.130 e. The molecule has 1 rings (SSSR count). The molecule has 0 radical (unpaired) electrons. The summed E-state index contributed by atoms with van der Waals surface area (Å²) < 4.78 is 31.5. The summed E-state index contributed by atoms with van der Waals surface area (Å²) in [4.78, 5) is 0. The number of hydrogen-bond donors (Lipinski definition) is 1. The van der Waals surface area contributed by atoms with Crippen LogP contribution in [0.2, 0.25) is 0 Å². The van der Waals surface area contributed by atoms with Gasteiger partial charge < -0.3 is 10.5 Å². The first kappa shape index (κ1) is 15.1. The first-order valence-electron chi connectivity index (χ1n) is 6.29. The van der Waals surface area contributed by atoms with Crippen LogP contribution in [0.15, 0.2) is 18.2 Å². The summed E-state index contributed by atoms with van der Waals surface area (Å²) in [6.45, 7) is 5.18. The summed E-state index contributed by atoms with van der Waals surface area (Å²) >= 11 is 0. The SMILES string of the molecule is CC(C)CCCOCC(N)c1ccc(F)cc1F. The number of rotatable bonds is 7. The van der Waals surface area contributed by atoms with E-state index in [2.05, 4.69) is 13.8 Å². The smallest absolute Gasteiger partial charge is 0.130 e. The number of nitrogens with two attached hydrogens (primary N) is 1. The lowest BCUT2D eigenvalue weighted by atomic mass is 10.1. The van der Waals surface area contributed by atoms with Crippen LogP contribution in [0.3, 0.4) is 0 Å². The van der Waals surface area contributed by atoms with E-state index in [0.29, 0.717) is 18.1 Å². The van der Waals surface area contributed by atoms with Crippen molar-refractivity contribution in [3.05, 3.63) is 35.4 Å². The van der Waals surface area contributed by atoms with Gasteiger partial charge in [-0.25, -0.2) is 8.78 Å². The molecule has 18 heavy (non-hydrogen) atoms. The largest absolute Gasteiger partial charge is 0.379 e. The molecule has 0 aromatic heterocycles. The molecule has 1 aromatic rings. The zero-order valence-corrected chi connectivity index (χ0v) is 11.0. The molecule has 2 N–H and O–H groups in total. The standard InChI is InChI=1S/C14H21F2NO/c1-10(2)4-3-7-18-9-14(17)12-6-5-11(15)8-13(12)16/h5-6,8,10,14H,3-4,7,9,17H2,1-2H3. The van der Waals surface area contributed by atoms with E-state index in [1.807, 2.05) is 0 Å². The Hall–Kier alpha value is -1.00. The third-order valence-corrected chi connectivity index (χ3v) is 2.73. The monoisotopic (exact) mass is 257 g/mol. The van der Waals surface area contributed by atoms with E-state index in [1.165, 1.54) is 12.1 Å². The van der Waals surface area contributed by atoms with Gasteiger partial charge in [0.2, 0.25) is 0 Å². The summed E-state index contributed by atoms with van der Waals surface area (Å²) in [5.74, 6) is -0.564. The van der Waals surface area contributed by atoms with Crippen molar-refractivity contribution in [2.75, 3.05) is 13.2 Å². The first-order chi connectivity index (χ1) is 8.50. The molecule has 0 spiro atoms. The summed E-state index contributed by atoms with van der Waals surface area (Å²) in [6.07, 6.45) is 2.07. The normalized spacial score (nSPS) is 13.0. The van der Waals surface area contributed by atoms with E-state index >= 15 is 0 Å². The molecule has 1 aromatic carbocycles. The van der Waals surface area contributed by atoms with Crippen molar-refractivity contribution in [3.63, 3.8) is 0 Å². The molecule has 102 valence electrons. The van der Waals surface area contributed by atoms with Crippen LogP contribution in [0, 0.1) is 17.6 Å². The van der Waals surface area contributed by atoms with Crippen molar-refractivity contribution in [1.29, 1.82) is 0 Å². The molecule has 0 aliphatic rings. The highest BCUT2D eigenvalue weighted by molar-refractivity contribution is 5.21. The third kappa shape index (κ3) is 5.10. The van der Waals surface area contributed by atoms with Crippen LogP contribution in [0.25, 0.3) is 0 Å². The van der Waals surface area contributed by atoms with Crippen molar-refractivity contribution in [1.82, 2.24) is 0 Å². The number of hydrogen-bond acceptors (Lipinski definition) is 2. The van der Waals surface area contributed by atoms with Gasteiger partial charge in [-0.1, -0.05) is 19.9 Å². The van der Waals surface area contributed by atoms with Crippen LogP contribution in [-0.2, 0) is 4.74 Å². The van der Waals surface area contributed by atoms with E-state index in [0.717, 1.165) is 18.9 Å². The lowest BCUT2D eigenvalue weighted by Crippen LogP contribution is -2.19. The summed E-state index contributed by atoms with van der Waals surface area (Å²) in [5.41, 5.74) is 6.09. The Bertz CT molecular complexity index is 369. The Labute approximate surface area is 107 Å². The van der Waals surface area contributed by atoms with Gasteiger partial charge >= 0.3 is 0 Å². The Morgan fingerprint density at radius 2 is 2.00 bits per heavy atom. The van der Waals surface area contributed by atoms with Crippen LogP contribution in [0.5, 0.6) is 0 Å². The van der Waals surface area contributed by atoms with Crippen LogP contribution in [0.4, 0.5) is 8.78 Å². The van der Waals surface area contributed by atoms with Crippen molar-refractivity contribution in [2.45, 2.75) is 32.7 Å². The molecule has 0 saturated heterocycles. The predicted molar refractivity (Wildman–Crippen MR) is 68.2 cm³/mol. The van der Waals surface area contributed by atoms with E-state index in [1.54, 1.807) is 0 Å². The zero-order chi connectivity index (χ0) is 13.5. The number of benzene rings is 1. The van der Waals surface area contributed by atoms with Gasteiger partial charge in [0.05, 0.1) is 12.6 Å². The summed E-state index contributed by atoms with van der Waals surface area (Å²) in [7, 11) is 0. The van der Waals surface area contributed by atoms with E-state index in [9.17, 15) is 8.78 Å². The Balaban J connectivity index is 2.34. The minimum absolute atomic E-state index is 0.251. The Morgan fingerprint density at radius 1 is 1.28 bits per heavy atom. The fourth-order valence-electron chi connectivity index (χ4n) is 1.70. The molecule has 0 saturated carbocycles. The minimum Gasteiger partial charge on any atom is -0.379 e. The summed E-state index contributed by atoms with van der Waals surface area (Å²) in [5, 5.41) is 0. The van der Waals surface area contributed by atoms with Crippen LogP contribution in [-0.4, -0.2) is 13.2 Å². The molecule has 0 bridgehead atoms. The quantitative estimate of drug-likeness (QED) is 0.760. The highest BCUT2D eigenvalue weighted by atomic mass is 19.1. The highest BCUT2D eigenvalue weighted by Crippen LogP contribution is 2.16. The molecule has 2 nitrogen and oxygen atoms in total. The molecule has 0 fully saturated rings. The predicted octanol–water partition coefficient (Wildman–Crippen LogP) is 3.42. The van der Waals surface area contributed by atoms with Gasteiger partial charge in [-0.15, -0.1) is 0 Å². The number of ether oxygens (including phenoxy) is 1. The van der Waals surface area contributed by atoms with Gasteiger partial charge in [0.25, 0.3) is 0 Å². The average Bonchev–Trinajstić information content (AvgIpc) is 2.27. The maximum atomic E-state index is 13.4. The third-order valence-electron chi connectivity index (χ3n) is 2.73. The lowest BCUT2D eigenvalue weighted by molar-refractivity contribution is 0.114. The fraction of sp³-hybridized carbons (Fsp3) is 0.571. The van der Waals surface area contributed by atoms with Gasteiger partial charge in [0, 0.05) is 18.2 Å². The number of halogens is 2. The molecular weight excluding hydrogens is 236 g/mol. The minimum atomic E-state index is -0.617. The molecule has 0 heterocycles. The average molecular weight is 257 g/mol. The second-order valence-electron chi connectivity index (χ2n) is 4.88. The lowest BCUT2D eigenvalue weighted by Gasteiger charge is -2.13. The summed E-state index contributed by atoms with van der Waals surface area (Å²) in [6, 6.07) is 2.86. The van der Waals surface area contributed by atoms with Crippen LogP contribution < -0.4 is 5.73 Å². The van der Waals surface area contributed by atoms with Crippen LogP contribution in [0.1, 0.15) is 38.3 Å². The van der Waals surface area contributed by atoms with Crippen molar-refractivity contribution < 1.29 is 13.5 Å². The molecule has 0 aliphatic heterocycles. The van der Waals surface area contributed by atoms with Crippen molar-refractivity contribution in [3.8, 4) is 0 Å². The first-order valence-corrected chi connectivity index (χ1v) is 6.29. The van der Waals surface area contributed by atoms with Gasteiger partial charge in [-0.3, -0.25) is 0 Å². The second-order valence-corrected chi connectivity index (χ2v) is 4.88. The Kier molecular flexibility index (Phi) is 6.22. The maximum absolute atomic E-state index is 13.4. The van der Waals surface area contributed by atoms with E-state index < -0.39 is 17.7 Å². The van der Waals surface area contributed by atoms with Gasteiger partial charge in [0.15, 0.2) is 0 Å². The second kappa shape index (κ2) is 7.44. The zero-order valence-electron chi connectivity index (χ0n) is 11.0. The molecule has 1 unspecified atom stereocenters. The van der Waals surface area contributed by atoms with Gasteiger partial charge in [-0.05, 0) is 24.8 Å². The van der Waals surface area contributed by atoms with Crippen LogP contribution >= 0.6 is 0 Å². The Morgan fingerprint density at radius 3 is 2.61 bits per heavy atom. The molecular formula is C14H21F2NO. The van der Waals surface area contributed by atoms with Crippen molar-refractivity contribution >= 4 is 0 Å².